The predicted octanol–water partition coefficient (Wildman–Crippen LogP) is 1.72. The summed E-state index contributed by atoms with van der Waals surface area (Å²) in [6.07, 6.45) is 6.92. The van der Waals surface area contributed by atoms with E-state index in [0.29, 0.717) is 6.54 Å². The van der Waals surface area contributed by atoms with Crippen LogP contribution in [-0.2, 0) is 4.79 Å². The van der Waals surface area contributed by atoms with Gasteiger partial charge in [-0.2, -0.15) is 0 Å². The predicted molar refractivity (Wildman–Crippen MR) is 36.8 cm³/mol. The first-order valence-electron chi connectivity index (χ1n) is 3.27. The van der Waals surface area contributed by atoms with Crippen LogP contribution in [-0.4, -0.2) is 12.6 Å². The molecule has 2 nitrogen and oxygen atoms in total. The molecule has 0 aliphatic rings. The summed E-state index contributed by atoms with van der Waals surface area (Å²) in [7, 11) is 0. The molecule has 0 N–H and O–H groups in total. The van der Waals surface area contributed by atoms with Crippen molar-refractivity contribution in [2.24, 2.45) is 4.99 Å². The fraction of sp³-hybridized carbons (Fsp3) is 0.714. The van der Waals surface area contributed by atoms with E-state index in [0.717, 1.165) is 6.42 Å². The van der Waals surface area contributed by atoms with Gasteiger partial charge in [0.15, 0.2) is 0 Å². The molecule has 0 aromatic carbocycles. The Morgan fingerprint density at radius 2 is 2.44 bits per heavy atom. The van der Waals surface area contributed by atoms with Gasteiger partial charge >= 0.3 is 0 Å². The first kappa shape index (κ1) is 8.38. The van der Waals surface area contributed by atoms with Crippen LogP contribution < -0.4 is 0 Å². The zero-order valence-electron chi connectivity index (χ0n) is 5.76. The molecular weight excluding hydrogens is 114 g/mol. The van der Waals surface area contributed by atoms with Crippen molar-refractivity contribution in [1.29, 1.82) is 0 Å². The highest BCUT2D eigenvalue weighted by molar-refractivity contribution is 5.32. The number of aliphatic imine (C=N–C) groups is 1. The molecule has 0 saturated carbocycles. The van der Waals surface area contributed by atoms with E-state index in [1.165, 1.54) is 18.9 Å². The van der Waals surface area contributed by atoms with E-state index in [1.807, 2.05) is 6.42 Å². The van der Waals surface area contributed by atoms with Crippen LogP contribution in [0.5, 0.6) is 0 Å². The van der Waals surface area contributed by atoms with Gasteiger partial charge in [-0.05, 0) is 12.8 Å². The lowest BCUT2D eigenvalue weighted by atomic mass is 10.2. The van der Waals surface area contributed by atoms with Crippen molar-refractivity contribution in [3.63, 3.8) is 0 Å². The monoisotopic (exact) mass is 126 g/mol. The lowest BCUT2D eigenvalue weighted by Gasteiger charge is -1.90. The summed E-state index contributed by atoms with van der Waals surface area (Å²) in [6.45, 7) is 2.67. The van der Waals surface area contributed by atoms with Gasteiger partial charge in [0.1, 0.15) is 0 Å². The molecule has 0 aliphatic carbocycles. The Kier molecular flexibility index (Phi) is 6.87. The van der Waals surface area contributed by atoms with Gasteiger partial charge in [0.25, 0.3) is 0 Å². The van der Waals surface area contributed by atoms with Gasteiger partial charge in [-0.1, -0.05) is 19.8 Å². The second-order valence-electron chi connectivity index (χ2n) is 1.86. The maximum absolute atomic E-state index is 9.53. The Bertz CT molecular complexity index is 95.1. The van der Waals surface area contributed by atoms with Gasteiger partial charge in [-0.25, -0.2) is 9.79 Å². The molecule has 0 heterocycles. The zero-order valence-corrected chi connectivity index (χ0v) is 5.76. The molecule has 0 atom stereocenters. The number of hydrogen-bond acceptors (Lipinski definition) is 2. The maximum atomic E-state index is 9.53. The van der Waals surface area contributed by atoms with Crippen molar-refractivity contribution in [3.05, 3.63) is 6.42 Å². The van der Waals surface area contributed by atoms with Gasteiger partial charge in [-0.15, -0.1) is 0 Å². The van der Waals surface area contributed by atoms with Crippen LogP contribution in [0.25, 0.3) is 0 Å². The molecule has 1 radical (unpaired) electrons. The average molecular weight is 126 g/mol. The third-order valence-electron chi connectivity index (χ3n) is 1.05. The second-order valence-corrected chi connectivity index (χ2v) is 1.86. The summed E-state index contributed by atoms with van der Waals surface area (Å²) in [5.74, 6) is 0. The van der Waals surface area contributed by atoms with Gasteiger partial charge in [0.05, 0.1) is 6.54 Å². The molecule has 51 valence electrons. The molecule has 0 bridgehead atoms. The van der Waals surface area contributed by atoms with Crippen molar-refractivity contribution >= 4 is 6.08 Å². The van der Waals surface area contributed by atoms with Crippen LogP contribution in [0, 0.1) is 6.42 Å². The summed E-state index contributed by atoms with van der Waals surface area (Å²) < 4.78 is 0. The maximum Gasteiger partial charge on any atom is 0.234 e. The van der Waals surface area contributed by atoms with Crippen LogP contribution in [0.15, 0.2) is 4.99 Å². The number of unbranched alkanes of at least 4 members (excludes halogenated alkanes) is 3. The zero-order chi connectivity index (χ0) is 6.95. The molecular formula is C7H12NO. The molecule has 0 spiro atoms. The summed E-state index contributed by atoms with van der Waals surface area (Å²) in [5, 5.41) is 0. The van der Waals surface area contributed by atoms with E-state index in [1.54, 1.807) is 0 Å². The Morgan fingerprint density at radius 3 is 3.00 bits per heavy atom. The van der Waals surface area contributed by atoms with E-state index < -0.39 is 0 Å². The van der Waals surface area contributed by atoms with Crippen molar-refractivity contribution in [3.8, 4) is 0 Å². The van der Waals surface area contributed by atoms with Crippen LogP contribution >= 0.6 is 0 Å². The third-order valence-corrected chi connectivity index (χ3v) is 1.05. The van der Waals surface area contributed by atoms with Crippen molar-refractivity contribution in [2.45, 2.75) is 26.2 Å². The van der Waals surface area contributed by atoms with Crippen LogP contribution in [0.1, 0.15) is 26.2 Å². The first-order chi connectivity index (χ1) is 4.41. The highest BCUT2D eigenvalue weighted by Crippen LogP contribution is 1.96. The largest absolute Gasteiger partial charge is 0.234 e. The fourth-order valence-electron chi connectivity index (χ4n) is 0.542. The van der Waals surface area contributed by atoms with Crippen molar-refractivity contribution < 1.29 is 4.79 Å². The summed E-state index contributed by atoms with van der Waals surface area (Å²) in [5.41, 5.74) is 0. The highest BCUT2D eigenvalue weighted by atomic mass is 16.1. The molecule has 0 fully saturated rings. The molecule has 0 unspecified atom stereocenters. The number of rotatable bonds is 5. The minimum atomic E-state index is 0.531. The standard InChI is InChI=1S/C7H12NO/c1-2-3-4-5-6-8-7-9/h5H,2-4,6H2,1H3. The Balaban J connectivity index is 2.82. The van der Waals surface area contributed by atoms with E-state index in [2.05, 4.69) is 11.9 Å². The van der Waals surface area contributed by atoms with E-state index in [-0.39, 0.29) is 0 Å². The molecule has 0 amide bonds. The van der Waals surface area contributed by atoms with Crippen LogP contribution in [0.2, 0.25) is 0 Å². The minimum Gasteiger partial charge on any atom is -0.211 e. The number of isocyanates is 1. The normalized spacial score (nSPS) is 8.56. The van der Waals surface area contributed by atoms with Gasteiger partial charge in [-0.3, -0.25) is 0 Å². The number of hydrogen-bond donors (Lipinski definition) is 0. The second kappa shape index (κ2) is 7.38. The van der Waals surface area contributed by atoms with Gasteiger partial charge in [0.2, 0.25) is 6.08 Å². The van der Waals surface area contributed by atoms with Crippen LogP contribution in [0.4, 0.5) is 0 Å². The third kappa shape index (κ3) is 7.38. The van der Waals surface area contributed by atoms with E-state index in [9.17, 15) is 4.79 Å². The molecule has 0 aliphatic heterocycles. The highest BCUT2D eigenvalue weighted by Gasteiger charge is 1.83. The number of nitrogens with zero attached hydrogens (tertiary/aromatic N) is 1. The molecule has 0 aromatic rings. The lowest BCUT2D eigenvalue weighted by molar-refractivity contribution is 0.563. The first-order valence-corrected chi connectivity index (χ1v) is 3.27. The minimum absolute atomic E-state index is 0.531. The lowest BCUT2D eigenvalue weighted by Crippen LogP contribution is -1.81. The van der Waals surface area contributed by atoms with Crippen molar-refractivity contribution in [2.75, 3.05) is 6.54 Å². The quantitative estimate of drug-likeness (QED) is 0.313. The van der Waals surface area contributed by atoms with Gasteiger partial charge < -0.3 is 0 Å². The van der Waals surface area contributed by atoms with Crippen LogP contribution in [0.3, 0.4) is 0 Å². The molecule has 0 rings (SSSR count). The van der Waals surface area contributed by atoms with Gasteiger partial charge in [0, 0.05) is 0 Å². The Hall–Kier alpha value is -0.620. The molecule has 0 saturated heterocycles. The topological polar surface area (TPSA) is 29.4 Å². The summed E-state index contributed by atoms with van der Waals surface area (Å²) >= 11 is 0. The SMILES string of the molecule is CCCC[CH]CN=C=O. The number of carbonyl (C=O) groups excluding carboxylic acids is 1. The molecule has 0 aromatic heterocycles. The van der Waals surface area contributed by atoms with Crippen molar-refractivity contribution in [1.82, 2.24) is 0 Å². The van der Waals surface area contributed by atoms with E-state index >= 15 is 0 Å². The van der Waals surface area contributed by atoms with E-state index in [4.69, 9.17) is 0 Å². The smallest absolute Gasteiger partial charge is 0.211 e. The Labute approximate surface area is 56.0 Å². The molecule has 2 heteroatoms. The summed E-state index contributed by atoms with van der Waals surface area (Å²) in [4.78, 5) is 12.9. The summed E-state index contributed by atoms with van der Waals surface area (Å²) in [6, 6.07) is 0. The molecule has 9 heavy (non-hydrogen) atoms. The average Bonchev–Trinajstić information content (AvgIpc) is 1.89. The fourth-order valence-corrected chi connectivity index (χ4v) is 0.542. The Morgan fingerprint density at radius 1 is 1.67 bits per heavy atom.